The molecule has 0 aliphatic carbocycles. The quantitative estimate of drug-likeness (QED) is 0.321. The number of hydrogen-bond donors (Lipinski definition) is 1. The zero-order valence-corrected chi connectivity index (χ0v) is 19.8. The number of anilines is 1. The number of hydrogen-bond acceptors (Lipinski definition) is 5. The molecule has 1 amide bonds. The van der Waals surface area contributed by atoms with Crippen LogP contribution >= 0.6 is 11.8 Å². The van der Waals surface area contributed by atoms with Crippen LogP contribution in [0.5, 0.6) is 5.75 Å². The third kappa shape index (κ3) is 5.89. The summed E-state index contributed by atoms with van der Waals surface area (Å²) in [7, 11) is 0. The molecule has 6 heteroatoms. The van der Waals surface area contributed by atoms with Gasteiger partial charge in [-0.2, -0.15) is 10.5 Å². The van der Waals surface area contributed by atoms with Crippen molar-refractivity contribution in [2.24, 2.45) is 0 Å². The van der Waals surface area contributed by atoms with Gasteiger partial charge in [0.25, 0.3) is 5.91 Å². The topological polar surface area (TPSA) is 85.9 Å². The standard InChI is InChI=1S/C29H21N3O2S/c1-20-15-24(34-19-22-8-6-7-21(16-22)17-30)13-14-26(20)32-29(33)25-10-3-5-12-28(25)35-27-11-4-2-9-23(27)18-31/h2-16H,19H2,1H3,(H,32,33). The van der Waals surface area contributed by atoms with Crippen molar-refractivity contribution in [2.75, 3.05) is 5.32 Å². The number of benzene rings is 4. The van der Waals surface area contributed by atoms with Crippen LogP contribution in [-0.4, -0.2) is 5.91 Å². The van der Waals surface area contributed by atoms with Gasteiger partial charge >= 0.3 is 0 Å². The Labute approximate surface area is 208 Å². The molecular weight excluding hydrogens is 454 g/mol. The fourth-order valence-corrected chi connectivity index (χ4v) is 4.49. The highest BCUT2D eigenvalue weighted by Crippen LogP contribution is 2.33. The second-order valence-electron chi connectivity index (χ2n) is 7.74. The largest absolute Gasteiger partial charge is 0.489 e. The molecule has 0 aliphatic rings. The van der Waals surface area contributed by atoms with Crippen LogP contribution in [0.25, 0.3) is 0 Å². The minimum Gasteiger partial charge on any atom is -0.489 e. The lowest BCUT2D eigenvalue weighted by molar-refractivity contribution is 0.102. The van der Waals surface area contributed by atoms with Crippen molar-refractivity contribution in [3.05, 3.63) is 119 Å². The first-order valence-electron chi connectivity index (χ1n) is 10.9. The molecule has 0 spiro atoms. The van der Waals surface area contributed by atoms with Gasteiger partial charge in [0.1, 0.15) is 18.4 Å². The summed E-state index contributed by atoms with van der Waals surface area (Å²) in [6.07, 6.45) is 0. The molecule has 0 radical (unpaired) electrons. The molecule has 0 bridgehead atoms. The normalized spacial score (nSPS) is 10.1. The van der Waals surface area contributed by atoms with Crippen molar-refractivity contribution >= 4 is 23.4 Å². The number of nitrogens with one attached hydrogen (secondary N) is 1. The second-order valence-corrected chi connectivity index (χ2v) is 8.82. The Hall–Kier alpha value is -4.52. The summed E-state index contributed by atoms with van der Waals surface area (Å²) in [5.41, 5.74) is 4.15. The number of ether oxygens (including phenoxy) is 1. The zero-order valence-electron chi connectivity index (χ0n) is 19.0. The summed E-state index contributed by atoms with van der Waals surface area (Å²) in [4.78, 5) is 14.7. The molecule has 0 unspecified atom stereocenters. The van der Waals surface area contributed by atoms with Gasteiger partial charge in [-0.05, 0) is 72.6 Å². The van der Waals surface area contributed by atoms with Gasteiger partial charge in [0, 0.05) is 15.5 Å². The van der Waals surface area contributed by atoms with E-state index in [-0.39, 0.29) is 5.91 Å². The van der Waals surface area contributed by atoms with Gasteiger partial charge in [-0.25, -0.2) is 0 Å². The number of nitriles is 2. The Kier molecular flexibility index (Phi) is 7.47. The van der Waals surface area contributed by atoms with Crippen LogP contribution in [0.2, 0.25) is 0 Å². The smallest absolute Gasteiger partial charge is 0.256 e. The van der Waals surface area contributed by atoms with E-state index in [9.17, 15) is 10.1 Å². The molecule has 170 valence electrons. The first-order chi connectivity index (χ1) is 17.1. The van der Waals surface area contributed by atoms with E-state index in [1.165, 1.54) is 11.8 Å². The van der Waals surface area contributed by atoms with Crippen molar-refractivity contribution in [1.29, 1.82) is 10.5 Å². The molecule has 0 atom stereocenters. The highest BCUT2D eigenvalue weighted by atomic mass is 32.2. The first-order valence-corrected chi connectivity index (χ1v) is 11.7. The molecule has 0 aliphatic heterocycles. The molecular formula is C29H21N3O2S. The second kappa shape index (κ2) is 11.1. The summed E-state index contributed by atoms with van der Waals surface area (Å²) in [5, 5.41) is 21.4. The van der Waals surface area contributed by atoms with Gasteiger partial charge < -0.3 is 10.1 Å². The van der Waals surface area contributed by atoms with Gasteiger partial charge in [-0.3, -0.25) is 4.79 Å². The van der Waals surface area contributed by atoms with E-state index in [1.54, 1.807) is 30.3 Å². The molecule has 0 saturated heterocycles. The van der Waals surface area contributed by atoms with Crippen LogP contribution in [0.4, 0.5) is 5.69 Å². The van der Waals surface area contributed by atoms with Gasteiger partial charge in [-0.15, -0.1) is 0 Å². The number of rotatable bonds is 7. The van der Waals surface area contributed by atoms with E-state index in [0.717, 1.165) is 20.9 Å². The SMILES string of the molecule is Cc1cc(OCc2cccc(C#N)c2)ccc1NC(=O)c1ccccc1Sc1ccccc1C#N. The third-order valence-corrected chi connectivity index (χ3v) is 6.42. The molecule has 0 aromatic heterocycles. The predicted octanol–water partition coefficient (Wildman–Crippen LogP) is 6.72. The van der Waals surface area contributed by atoms with Crippen LogP contribution in [0, 0.1) is 29.6 Å². The molecule has 0 saturated carbocycles. The van der Waals surface area contributed by atoms with Crippen LogP contribution < -0.4 is 10.1 Å². The first kappa shape index (κ1) is 23.6. The molecule has 4 rings (SSSR count). The number of carbonyl (C=O) groups excluding carboxylic acids is 1. The van der Waals surface area contributed by atoms with E-state index < -0.39 is 0 Å². The van der Waals surface area contributed by atoms with E-state index in [0.29, 0.717) is 34.7 Å². The molecule has 0 heterocycles. The van der Waals surface area contributed by atoms with E-state index in [1.807, 2.05) is 67.6 Å². The van der Waals surface area contributed by atoms with Crippen molar-refractivity contribution in [3.8, 4) is 17.9 Å². The molecule has 4 aromatic rings. The van der Waals surface area contributed by atoms with Gasteiger partial charge in [0.15, 0.2) is 0 Å². The summed E-state index contributed by atoms with van der Waals surface area (Å²) in [6, 6.07) is 31.8. The van der Waals surface area contributed by atoms with Crippen molar-refractivity contribution in [2.45, 2.75) is 23.3 Å². The van der Waals surface area contributed by atoms with Crippen molar-refractivity contribution in [3.63, 3.8) is 0 Å². The van der Waals surface area contributed by atoms with Gasteiger partial charge in [0.05, 0.1) is 22.8 Å². The summed E-state index contributed by atoms with van der Waals surface area (Å²) < 4.78 is 5.87. The lowest BCUT2D eigenvalue weighted by Crippen LogP contribution is -2.13. The average Bonchev–Trinajstić information content (AvgIpc) is 2.89. The Morgan fingerprint density at radius 3 is 2.43 bits per heavy atom. The minimum atomic E-state index is -0.229. The van der Waals surface area contributed by atoms with Crippen LogP contribution in [-0.2, 0) is 6.61 Å². The Balaban J connectivity index is 1.47. The van der Waals surface area contributed by atoms with E-state index >= 15 is 0 Å². The van der Waals surface area contributed by atoms with Gasteiger partial charge in [-0.1, -0.05) is 48.2 Å². The number of amides is 1. The Morgan fingerprint density at radius 2 is 1.66 bits per heavy atom. The van der Waals surface area contributed by atoms with Crippen molar-refractivity contribution < 1.29 is 9.53 Å². The van der Waals surface area contributed by atoms with Gasteiger partial charge in [0.2, 0.25) is 0 Å². The number of carbonyl (C=O) groups is 1. The maximum atomic E-state index is 13.1. The Morgan fingerprint density at radius 1 is 0.886 bits per heavy atom. The summed E-state index contributed by atoms with van der Waals surface area (Å²) >= 11 is 1.39. The summed E-state index contributed by atoms with van der Waals surface area (Å²) in [5.74, 6) is 0.444. The van der Waals surface area contributed by atoms with Crippen LogP contribution in [0.15, 0.2) is 101 Å². The third-order valence-electron chi connectivity index (χ3n) is 5.27. The maximum Gasteiger partial charge on any atom is 0.256 e. The Bertz CT molecular complexity index is 1470. The minimum absolute atomic E-state index is 0.229. The molecule has 0 fully saturated rings. The maximum absolute atomic E-state index is 13.1. The fourth-order valence-electron chi connectivity index (χ4n) is 3.46. The number of aryl methyl sites for hydroxylation is 1. The van der Waals surface area contributed by atoms with E-state index in [2.05, 4.69) is 17.5 Å². The molecule has 1 N–H and O–H groups in total. The lowest BCUT2D eigenvalue weighted by Gasteiger charge is -2.13. The van der Waals surface area contributed by atoms with Crippen molar-refractivity contribution in [1.82, 2.24) is 0 Å². The number of nitrogens with zero attached hydrogens (tertiary/aromatic N) is 2. The summed E-state index contributed by atoms with van der Waals surface area (Å²) in [6.45, 7) is 2.25. The lowest BCUT2D eigenvalue weighted by atomic mass is 10.1. The van der Waals surface area contributed by atoms with Crippen LogP contribution in [0.3, 0.4) is 0 Å². The fraction of sp³-hybridized carbons (Fsp3) is 0.0690. The monoisotopic (exact) mass is 475 g/mol. The zero-order chi connectivity index (χ0) is 24.6. The van der Waals surface area contributed by atoms with E-state index in [4.69, 9.17) is 10.00 Å². The average molecular weight is 476 g/mol. The molecule has 35 heavy (non-hydrogen) atoms. The highest BCUT2D eigenvalue weighted by Gasteiger charge is 2.15. The predicted molar refractivity (Wildman–Crippen MR) is 136 cm³/mol. The molecule has 4 aromatic carbocycles. The van der Waals surface area contributed by atoms with Crippen LogP contribution in [0.1, 0.15) is 32.6 Å². The molecule has 5 nitrogen and oxygen atoms in total. The highest BCUT2D eigenvalue weighted by molar-refractivity contribution is 7.99.